The third-order valence-corrected chi connectivity index (χ3v) is 2.85. The SMILES string of the molecule is CNC(Cc1nc(-c2cnccn2)no1)CC(C)C. The average Bonchev–Trinajstić information content (AvgIpc) is 2.87. The number of hydrogen-bond donors (Lipinski definition) is 1. The van der Waals surface area contributed by atoms with Gasteiger partial charge in [0.25, 0.3) is 0 Å². The van der Waals surface area contributed by atoms with Gasteiger partial charge in [0.2, 0.25) is 11.7 Å². The van der Waals surface area contributed by atoms with E-state index in [1.165, 1.54) is 0 Å². The first-order chi connectivity index (χ1) is 9.19. The van der Waals surface area contributed by atoms with Crippen molar-refractivity contribution in [1.82, 2.24) is 25.4 Å². The van der Waals surface area contributed by atoms with Gasteiger partial charge in [-0.25, -0.2) is 4.98 Å². The molecule has 6 nitrogen and oxygen atoms in total. The monoisotopic (exact) mass is 261 g/mol. The van der Waals surface area contributed by atoms with Crippen LogP contribution in [0.4, 0.5) is 0 Å². The van der Waals surface area contributed by atoms with Crippen molar-refractivity contribution in [3.63, 3.8) is 0 Å². The van der Waals surface area contributed by atoms with Crippen LogP contribution in [0.3, 0.4) is 0 Å². The van der Waals surface area contributed by atoms with Gasteiger partial charge in [0.05, 0.1) is 6.20 Å². The van der Waals surface area contributed by atoms with E-state index in [0.29, 0.717) is 29.4 Å². The van der Waals surface area contributed by atoms with Gasteiger partial charge >= 0.3 is 0 Å². The van der Waals surface area contributed by atoms with E-state index >= 15 is 0 Å². The Balaban J connectivity index is 2.05. The lowest BCUT2D eigenvalue weighted by molar-refractivity contribution is 0.345. The Morgan fingerprint density at radius 1 is 1.32 bits per heavy atom. The van der Waals surface area contributed by atoms with Crippen LogP contribution in [-0.2, 0) is 6.42 Å². The predicted octanol–water partition coefficient (Wildman–Crippen LogP) is 1.70. The molecule has 2 aromatic heterocycles. The van der Waals surface area contributed by atoms with E-state index in [1.54, 1.807) is 18.6 Å². The van der Waals surface area contributed by atoms with Crippen LogP contribution in [-0.4, -0.2) is 33.2 Å². The van der Waals surface area contributed by atoms with Crippen molar-refractivity contribution >= 4 is 0 Å². The van der Waals surface area contributed by atoms with Crippen molar-refractivity contribution in [2.75, 3.05) is 7.05 Å². The van der Waals surface area contributed by atoms with Crippen molar-refractivity contribution in [3.05, 3.63) is 24.5 Å². The third-order valence-electron chi connectivity index (χ3n) is 2.85. The highest BCUT2D eigenvalue weighted by Crippen LogP contribution is 2.14. The minimum absolute atomic E-state index is 0.343. The second kappa shape index (κ2) is 6.38. The van der Waals surface area contributed by atoms with E-state index in [1.807, 2.05) is 7.05 Å². The van der Waals surface area contributed by atoms with E-state index in [0.717, 1.165) is 12.8 Å². The fourth-order valence-corrected chi connectivity index (χ4v) is 1.94. The lowest BCUT2D eigenvalue weighted by atomic mass is 10.0. The van der Waals surface area contributed by atoms with Crippen LogP contribution in [0.25, 0.3) is 11.5 Å². The van der Waals surface area contributed by atoms with Crippen LogP contribution in [0.1, 0.15) is 26.2 Å². The Kier molecular flexibility index (Phi) is 4.57. The standard InChI is InChI=1S/C13H19N5O/c1-9(2)6-10(14-3)7-12-17-13(18-19-12)11-8-15-4-5-16-11/h4-5,8-10,14H,6-7H2,1-3H3. The van der Waals surface area contributed by atoms with Crippen molar-refractivity contribution in [2.45, 2.75) is 32.7 Å². The van der Waals surface area contributed by atoms with Crippen LogP contribution in [0.15, 0.2) is 23.1 Å². The summed E-state index contributed by atoms with van der Waals surface area (Å²) < 4.78 is 5.26. The quantitative estimate of drug-likeness (QED) is 0.853. The molecule has 6 heteroatoms. The van der Waals surface area contributed by atoms with Crippen molar-refractivity contribution in [3.8, 4) is 11.5 Å². The third kappa shape index (κ3) is 3.82. The maximum Gasteiger partial charge on any atom is 0.228 e. The smallest absolute Gasteiger partial charge is 0.228 e. The molecular formula is C13H19N5O. The van der Waals surface area contributed by atoms with E-state index in [-0.39, 0.29) is 0 Å². The summed E-state index contributed by atoms with van der Waals surface area (Å²) in [6, 6.07) is 0.343. The van der Waals surface area contributed by atoms with Gasteiger partial charge in [-0.05, 0) is 19.4 Å². The molecule has 0 saturated heterocycles. The van der Waals surface area contributed by atoms with Gasteiger partial charge in [-0.2, -0.15) is 4.98 Å². The highest BCUT2D eigenvalue weighted by molar-refractivity contribution is 5.45. The summed E-state index contributed by atoms with van der Waals surface area (Å²) in [6.45, 7) is 4.40. The van der Waals surface area contributed by atoms with Crippen molar-refractivity contribution in [1.29, 1.82) is 0 Å². The van der Waals surface area contributed by atoms with Crippen LogP contribution >= 0.6 is 0 Å². The normalized spacial score (nSPS) is 12.8. The van der Waals surface area contributed by atoms with Crippen LogP contribution < -0.4 is 5.32 Å². The molecule has 2 aromatic rings. The summed E-state index contributed by atoms with van der Waals surface area (Å²) in [6.07, 6.45) is 6.64. The summed E-state index contributed by atoms with van der Waals surface area (Å²) in [5.74, 6) is 1.74. The molecule has 0 aliphatic carbocycles. The molecule has 2 rings (SSSR count). The molecule has 0 bridgehead atoms. The lowest BCUT2D eigenvalue weighted by Crippen LogP contribution is -2.29. The minimum atomic E-state index is 0.343. The molecule has 102 valence electrons. The van der Waals surface area contributed by atoms with E-state index in [9.17, 15) is 0 Å². The lowest BCUT2D eigenvalue weighted by Gasteiger charge is -2.15. The number of likely N-dealkylation sites (N-methyl/N-ethyl adjacent to an activating group) is 1. The van der Waals surface area contributed by atoms with Gasteiger partial charge in [-0.1, -0.05) is 19.0 Å². The number of nitrogens with one attached hydrogen (secondary N) is 1. The molecular weight excluding hydrogens is 242 g/mol. The van der Waals surface area contributed by atoms with Gasteiger partial charge in [0, 0.05) is 24.9 Å². The first kappa shape index (κ1) is 13.6. The summed E-state index contributed by atoms with van der Waals surface area (Å²) in [5.41, 5.74) is 0.627. The molecule has 0 aromatic carbocycles. The van der Waals surface area contributed by atoms with Crippen LogP contribution in [0.2, 0.25) is 0 Å². The summed E-state index contributed by atoms with van der Waals surface area (Å²) >= 11 is 0. The van der Waals surface area contributed by atoms with E-state index < -0.39 is 0 Å². The molecule has 19 heavy (non-hydrogen) atoms. The van der Waals surface area contributed by atoms with Gasteiger partial charge < -0.3 is 9.84 Å². The molecule has 0 spiro atoms. The first-order valence-electron chi connectivity index (χ1n) is 6.45. The fourth-order valence-electron chi connectivity index (χ4n) is 1.94. The van der Waals surface area contributed by atoms with Gasteiger partial charge in [0.1, 0.15) is 5.69 Å². The second-order valence-electron chi connectivity index (χ2n) is 4.92. The summed E-state index contributed by atoms with van der Waals surface area (Å²) in [7, 11) is 1.95. The van der Waals surface area contributed by atoms with E-state index in [4.69, 9.17) is 4.52 Å². The largest absolute Gasteiger partial charge is 0.339 e. The first-order valence-corrected chi connectivity index (χ1v) is 6.45. The zero-order chi connectivity index (χ0) is 13.7. The topological polar surface area (TPSA) is 76.7 Å². The van der Waals surface area contributed by atoms with E-state index in [2.05, 4.69) is 39.3 Å². The van der Waals surface area contributed by atoms with Crippen LogP contribution in [0.5, 0.6) is 0 Å². The van der Waals surface area contributed by atoms with Gasteiger partial charge in [-0.15, -0.1) is 0 Å². The maximum atomic E-state index is 5.26. The Morgan fingerprint density at radius 3 is 2.79 bits per heavy atom. The summed E-state index contributed by atoms with van der Waals surface area (Å²) in [4.78, 5) is 12.5. The fraction of sp³-hybridized carbons (Fsp3) is 0.538. The molecule has 0 aliphatic heterocycles. The Hall–Kier alpha value is -1.82. The van der Waals surface area contributed by atoms with Crippen molar-refractivity contribution in [2.24, 2.45) is 5.92 Å². The highest BCUT2D eigenvalue weighted by Gasteiger charge is 2.15. The second-order valence-corrected chi connectivity index (χ2v) is 4.92. The molecule has 0 fully saturated rings. The molecule has 0 saturated carbocycles. The Labute approximate surface area is 112 Å². The number of nitrogens with zero attached hydrogens (tertiary/aromatic N) is 4. The number of rotatable bonds is 6. The van der Waals surface area contributed by atoms with Gasteiger partial charge in [-0.3, -0.25) is 4.98 Å². The van der Waals surface area contributed by atoms with Gasteiger partial charge in [0.15, 0.2) is 0 Å². The van der Waals surface area contributed by atoms with Crippen LogP contribution in [0, 0.1) is 5.92 Å². The molecule has 0 amide bonds. The Bertz CT molecular complexity index is 497. The van der Waals surface area contributed by atoms with Crippen molar-refractivity contribution < 1.29 is 4.52 Å². The molecule has 1 unspecified atom stereocenters. The summed E-state index contributed by atoms with van der Waals surface area (Å²) in [5, 5.41) is 7.21. The minimum Gasteiger partial charge on any atom is -0.339 e. The molecule has 0 radical (unpaired) electrons. The number of hydrogen-bond acceptors (Lipinski definition) is 6. The maximum absolute atomic E-state index is 5.26. The predicted molar refractivity (Wildman–Crippen MR) is 71.3 cm³/mol. The Morgan fingerprint density at radius 2 is 2.16 bits per heavy atom. The molecule has 1 N–H and O–H groups in total. The molecule has 1 atom stereocenters. The zero-order valence-corrected chi connectivity index (χ0v) is 11.5. The number of aromatic nitrogens is 4. The average molecular weight is 261 g/mol. The highest BCUT2D eigenvalue weighted by atomic mass is 16.5. The molecule has 2 heterocycles. The molecule has 0 aliphatic rings. The zero-order valence-electron chi connectivity index (χ0n) is 11.5.